The predicted octanol–water partition coefficient (Wildman–Crippen LogP) is 2.92. The maximum Gasteiger partial charge on any atom is 0.170 e. The molecular formula is C18H18N6. The van der Waals surface area contributed by atoms with Crippen molar-refractivity contribution in [1.29, 1.82) is 0 Å². The molecule has 0 saturated carbocycles. The van der Waals surface area contributed by atoms with E-state index in [0.717, 1.165) is 33.8 Å². The van der Waals surface area contributed by atoms with E-state index in [2.05, 4.69) is 39.1 Å². The van der Waals surface area contributed by atoms with Crippen LogP contribution in [0.5, 0.6) is 0 Å². The van der Waals surface area contributed by atoms with Crippen molar-refractivity contribution in [3.63, 3.8) is 0 Å². The number of benzene rings is 1. The molecule has 0 atom stereocenters. The third-order valence-corrected chi connectivity index (χ3v) is 4.17. The van der Waals surface area contributed by atoms with Gasteiger partial charge >= 0.3 is 0 Å². The van der Waals surface area contributed by atoms with E-state index in [1.807, 2.05) is 42.4 Å². The first-order chi connectivity index (χ1) is 11.7. The van der Waals surface area contributed by atoms with Gasteiger partial charge in [-0.1, -0.05) is 12.1 Å². The van der Waals surface area contributed by atoms with E-state index in [1.165, 1.54) is 5.56 Å². The van der Waals surface area contributed by atoms with E-state index in [-0.39, 0.29) is 0 Å². The molecular weight excluding hydrogens is 300 g/mol. The second kappa shape index (κ2) is 5.90. The van der Waals surface area contributed by atoms with Gasteiger partial charge in [0.1, 0.15) is 0 Å². The molecule has 6 nitrogen and oxygen atoms in total. The van der Waals surface area contributed by atoms with Crippen LogP contribution in [-0.4, -0.2) is 22.7 Å². The van der Waals surface area contributed by atoms with E-state index in [9.17, 15) is 0 Å². The minimum absolute atomic E-state index is 0.698. The van der Waals surface area contributed by atoms with Gasteiger partial charge in [0, 0.05) is 18.6 Å². The van der Waals surface area contributed by atoms with Crippen LogP contribution in [0.4, 0.5) is 11.5 Å². The first kappa shape index (κ1) is 14.6. The van der Waals surface area contributed by atoms with Crippen molar-refractivity contribution in [2.75, 3.05) is 17.5 Å². The van der Waals surface area contributed by atoms with Crippen molar-refractivity contribution in [2.45, 2.75) is 13.5 Å². The first-order valence-corrected chi connectivity index (χ1v) is 7.82. The highest BCUT2D eigenvalue weighted by molar-refractivity contribution is 5.97. The molecule has 0 aliphatic carbocycles. The Morgan fingerprint density at radius 1 is 1.21 bits per heavy atom. The minimum Gasteiger partial charge on any atom is -0.300 e. The number of hydrazine groups is 2. The molecule has 1 aliphatic heterocycles. The molecule has 1 aliphatic rings. The van der Waals surface area contributed by atoms with Crippen LogP contribution in [-0.2, 0) is 6.54 Å². The summed E-state index contributed by atoms with van der Waals surface area (Å²) in [6.45, 7) is 2.66. The Hall–Kier alpha value is -2.99. The summed E-state index contributed by atoms with van der Waals surface area (Å²) < 4.78 is 0. The number of hydrogen-bond acceptors (Lipinski definition) is 6. The Bertz CT molecular complexity index is 934. The molecule has 0 amide bonds. The Morgan fingerprint density at radius 3 is 3.00 bits per heavy atom. The number of hydrogen-bond donors (Lipinski definition) is 2. The number of aliphatic imine (C=N–C) groups is 1. The highest BCUT2D eigenvalue weighted by atomic mass is 15.7. The van der Waals surface area contributed by atoms with Gasteiger partial charge < -0.3 is 5.43 Å². The maximum atomic E-state index is 4.72. The average Bonchev–Trinajstić information content (AvgIpc) is 3.03. The second-order valence-electron chi connectivity index (χ2n) is 5.73. The number of anilines is 2. The molecule has 0 spiro atoms. The third-order valence-electron chi connectivity index (χ3n) is 4.17. The van der Waals surface area contributed by atoms with Gasteiger partial charge in [-0.25, -0.2) is 4.98 Å². The van der Waals surface area contributed by atoms with Crippen molar-refractivity contribution in [2.24, 2.45) is 4.99 Å². The molecule has 0 radical (unpaired) electrons. The van der Waals surface area contributed by atoms with Crippen LogP contribution in [0.3, 0.4) is 0 Å². The predicted molar refractivity (Wildman–Crippen MR) is 97.1 cm³/mol. The zero-order valence-electron chi connectivity index (χ0n) is 13.6. The largest absolute Gasteiger partial charge is 0.300 e. The molecule has 3 heterocycles. The number of fused-ring (bicyclic) bond motifs is 2. The standard InChI is InChI=1S/C18H18N6/c1-12(19-2)15-7-8-17-18(21-15)24(23-22-17)11-13-5-6-16-14(10-13)4-3-9-20-16/h3-10,22-23H,11H2,1-2H3. The van der Waals surface area contributed by atoms with Crippen molar-refractivity contribution >= 4 is 28.1 Å². The van der Waals surface area contributed by atoms with E-state index >= 15 is 0 Å². The van der Waals surface area contributed by atoms with Crippen molar-refractivity contribution in [3.05, 3.63) is 59.9 Å². The smallest absolute Gasteiger partial charge is 0.170 e. The molecule has 4 rings (SSSR count). The molecule has 0 fully saturated rings. The normalized spacial score (nSPS) is 13.9. The number of pyridine rings is 2. The summed E-state index contributed by atoms with van der Waals surface area (Å²) in [6, 6.07) is 14.3. The van der Waals surface area contributed by atoms with Gasteiger partial charge in [0.25, 0.3) is 0 Å². The average molecular weight is 318 g/mol. The molecule has 24 heavy (non-hydrogen) atoms. The lowest BCUT2D eigenvalue weighted by molar-refractivity contribution is 0.717. The lowest BCUT2D eigenvalue weighted by atomic mass is 10.1. The quantitative estimate of drug-likeness (QED) is 0.727. The molecule has 6 heteroatoms. The van der Waals surface area contributed by atoms with Crippen molar-refractivity contribution < 1.29 is 0 Å². The van der Waals surface area contributed by atoms with Gasteiger partial charge in [0.15, 0.2) is 5.82 Å². The zero-order valence-corrected chi connectivity index (χ0v) is 13.6. The van der Waals surface area contributed by atoms with Gasteiger partial charge in [-0.15, -0.1) is 5.53 Å². The van der Waals surface area contributed by atoms with E-state index < -0.39 is 0 Å². The summed E-state index contributed by atoms with van der Waals surface area (Å²) in [5.41, 5.74) is 11.3. The zero-order chi connectivity index (χ0) is 16.5. The van der Waals surface area contributed by atoms with Crippen LogP contribution < -0.4 is 16.0 Å². The lowest BCUT2D eigenvalue weighted by Crippen LogP contribution is -2.35. The molecule has 0 saturated heterocycles. The fourth-order valence-electron chi connectivity index (χ4n) is 2.77. The van der Waals surface area contributed by atoms with Gasteiger partial charge in [-0.05, 0) is 42.8 Å². The Labute approximate surface area is 140 Å². The maximum absolute atomic E-state index is 4.72. The number of nitrogens with one attached hydrogen (secondary N) is 2. The van der Waals surface area contributed by atoms with Crippen LogP contribution in [0.15, 0.2) is 53.7 Å². The van der Waals surface area contributed by atoms with Crippen molar-refractivity contribution in [1.82, 2.24) is 15.5 Å². The van der Waals surface area contributed by atoms with Crippen LogP contribution >= 0.6 is 0 Å². The summed E-state index contributed by atoms with van der Waals surface area (Å²) in [7, 11) is 1.78. The monoisotopic (exact) mass is 318 g/mol. The molecule has 120 valence electrons. The van der Waals surface area contributed by atoms with Crippen molar-refractivity contribution in [3.8, 4) is 0 Å². The number of nitrogens with zero attached hydrogens (tertiary/aromatic N) is 4. The van der Waals surface area contributed by atoms with Crippen LogP contribution in [0, 0.1) is 0 Å². The third kappa shape index (κ3) is 2.57. The number of aromatic nitrogens is 2. The topological polar surface area (TPSA) is 65.4 Å². The number of rotatable bonds is 3. The SMILES string of the molecule is CN=C(C)c1ccc2c(n1)N(Cc1ccc3ncccc3c1)NN2. The molecule has 0 unspecified atom stereocenters. The van der Waals surface area contributed by atoms with Gasteiger partial charge in [-0.2, -0.15) is 0 Å². The first-order valence-electron chi connectivity index (χ1n) is 7.82. The van der Waals surface area contributed by atoms with Crippen LogP contribution in [0.2, 0.25) is 0 Å². The summed E-state index contributed by atoms with van der Waals surface area (Å²) in [5, 5.41) is 3.14. The van der Waals surface area contributed by atoms with Gasteiger partial charge in [-0.3, -0.25) is 15.0 Å². The minimum atomic E-state index is 0.698. The lowest BCUT2D eigenvalue weighted by Gasteiger charge is -2.17. The summed E-state index contributed by atoms with van der Waals surface area (Å²) in [5.74, 6) is 0.877. The van der Waals surface area contributed by atoms with Gasteiger partial charge in [0.2, 0.25) is 0 Å². The summed E-state index contributed by atoms with van der Waals surface area (Å²) >= 11 is 0. The second-order valence-corrected chi connectivity index (χ2v) is 5.73. The van der Waals surface area contributed by atoms with Crippen LogP contribution in [0.25, 0.3) is 10.9 Å². The molecule has 1 aromatic carbocycles. The Balaban J connectivity index is 1.64. The Kier molecular flexibility index (Phi) is 3.59. The Morgan fingerprint density at radius 2 is 2.12 bits per heavy atom. The van der Waals surface area contributed by atoms with E-state index in [1.54, 1.807) is 7.05 Å². The fourth-order valence-corrected chi connectivity index (χ4v) is 2.77. The van der Waals surface area contributed by atoms with E-state index in [4.69, 9.17) is 4.98 Å². The fraction of sp³-hybridized carbons (Fsp3) is 0.167. The van der Waals surface area contributed by atoms with Crippen LogP contribution in [0.1, 0.15) is 18.2 Å². The molecule has 2 aromatic heterocycles. The summed E-state index contributed by atoms with van der Waals surface area (Å²) in [4.78, 5) is 13.3. The molecule has 0 bridgehead atoms. The highest BCUT2D eigenvalue weighted by Gasteiger charge is 2.21. The highest BCUT2D eigenvalue weighted by Crippen LogP contribution is 2.28. The van der Waals surface area contributed by atoms with E-state index in [0.29, 0.717) is 6.54 Å². The molecule has 3 aromatic rings. The summed E-state index contributed by atoms with van der Waals surface area (Å²) in [6.07, 6.45) is 1.81. The van der Waals surface area contributed by atoms with Gasteiger partial charge in [0.05, 0.1) is 29.2 Å². The molecule has 2 N–H and O–H groups in total.